The molecule has 0 aliphatic carbocycles. The Morgan fingerprint density at radius 1 is 0.906 bits per heavy atom. The highest BCUT2D eigenvalue weighted by molar-refractivity contribution is 7.85. The van der Waals surface area contributed by atoms with E-state index in [2.05, 4.69) is 20.9 Å². The molecule has 0 fully saturated rings. The molecule has 2 aromatic rings. The Hall–Kier alpha value is -3.73. The summed E-state index contributed by atoms with van der Waals surface area (Å²) in [6, 6.07) is 13.4. The van der Waals surface area contributed by atoms with Crippen LogP contribution in [-0.4, -0.2) is 41.5 Å². The van der Waals surface area contributed by atoms with Gasteiger partial charge in [-0.25, -0.2) is 18.8 Å². The molecular formula is C21H24N4O6S. The summed E-state index contributed by atoms with van der Waals surface area (Å²) in [6.07, 6.45) is -1.68. The van der Waals surface area contributed by atoms with E-state index in [0.717, 1.165) is 0 Å². The van der Waals surface area contributed by atoms with Gasteiger partial charge in [0.05, 0.1) is 35.4 Å². The molecule has 32 heavy (non-hydrogen) atoms. The second-order valence-electron chi connectivity index (χ2n) is 6.09. The lowest BCUT2D eigenvalue weighted by molar-refractivity contribution is -0.114. The van der Waals surface area contributed by atoms with Crippen molar-refractivity contribution in [2.45, 2.75) is 30.6 Å². The van der Waals surface area contributed by atoms with Crippen molar-refractivity contribution >= 4 is 46.2 Å². The summed E-state index contributed by atoms with van der Waals surface area (Å²) in [6.45, 7) is 4.76. The van der Waals surface area contributed by atoms with Crippen molar-refractivity contribution in [3.8, 4) is 0 Å². The molecule has 2 rings (SSSR count). The number of carbonyl (C=O) groups is 3. The van der Waals surface area contributed by atoms with Crippen molar-refractivity contribution in [2.24, 2.45) is 4.99 Å². The zero-order valence-corrected chi connectivity index (χ0v) is 18.7. The number of benzene rings is 2. The largest absolute Gasteiger partial charge is 0.450 e. The van der Waals surface area contributed by atoms with Crippen LogP contribution in [-0.2, 0) is 25.1 Å². The van der Waals surface area contributed by atoms with Gasteiger partial charge in [0.2, 0.25) is 11.9 Å². The molecule has 0 bridgehead atoms. The molecular weight excluding hydrogens is 436 g/mol. The van der Waals surface area contributed by atoms with Gasteiger partial charge in [0.15, 0.2) is 0 Å². The second-order valence-corrected chi connectivity index (χ2v) is 7.57. The Balaban J connectivity index is 2.44. The minimum Gasteiger partial charge on any atom is -0.450 e. The number of hydrogen-bond donors (Lipinski definition) is 3. The van der Waals surface area contributed by atoms with Gasteiger partial charge in [-0.3, -0.25) is 15.4 Å². The molecule has 0 aliphatic heterocycles. The van der Waals surface area contributed by atoms with Crippen LogP contribution in [0.5, 0.6) is 0 Å². The van der Waals surface area contributed by atoms with Crippen LogP contribution in [0.2, 0.25) is 0 Å². The lowest BCUT2D eigenvalue weighted by Crippen LogP contribution is -2.44. The number of guanidine groups is 1. The summed E-state index contributed by atoms with van der Waals surface area (Å²) in [5.41, 5.74) is 0.422. The average molecular weight is 461 g/mol. The normalized spacial score (nSPS) is 11.0. The highest BCUT2D eigenvalue weighted by Crippen LogP contribution is 2.29. The Morgan fingerprint density at radius 2 is 1.50 bits per heavy atom. The third kappa shape index (κ3) is 7.51. The number of amides is 3. The molecule has 170 valence electrons. The van der Waals surface area contributed by atoms with Crippen molar-refractivity contribution in [1.29, 1.82) is 0 Å². The number of hydrogen-bond acceptors (Lipinski definition) is 7. The minimum absolute atomic E-state index is 0.107. The van der Waals surface area contributed by atoms with Crippen LogP contribution in [0.1, 0.15) is 20.8 Å². The predicted molar refractivity (Wildman–Crippen MR) is 119 cm³/mol. The fourth-order valence-corrected chi connectivity index (χ4v) is 3.53. The summed E-state index contributed by atoms with van der Waals surface area (Å²) in [5.74, 6) is -0.659. The van der Waals surface area contributed by atoms with Gasteiger partial charge in [-0.05, 0) is 44.2 Å². The average Bonchev–Trinajstić information content (AvgIpc) is 2.75. The summed E-state index contributed by atoms with van der Waals surface area (Å²) < 4.78 is 22.5. The number of nitrogens with one attached hydrogen (secondary N) is 3. The molecule has 0 aromatic heterocycles. The minimum atomic E-state index is -1.50. The van der Waals surface area contributed by atoms with Crippen molar-refractivity contribution in [2.75, 3.05) is 18.5 Å². The second kappa shape index (κ2) is 12.2. The number of rotatable bonds is 6. The Kier molecular flexibility index (Phi) is 9.36. The summed E-state index contributed by atoms with van der Waals surface area (Å²) >= 11 is 0. The van der Waals surface area contributed by atoms with Crippen LogP contribution in [0.25, 0.3) is 0 Å². The molecule has 0 heterocycles. The number of anilines is 1. The van der Waals surface area contributed by atoms with Crippen molar-refractivity contribution < 1.29 is 28.1 Å². The molecule has 3 N–H and O–H groups in total. The number of ether oxygens (including phenoxy) is 2. The summed E-state index contributed by atoms with van der Waals surface area (Å²) in [4.78, 5) is 40.6. The van der Waals surface area contributed by atoms with E-state index >= 15 is 0 Å². The van der Waals surface area contributed by atoms with Gasteiger partial charge in [-0.2, -0.15) is 0 Å². The maximum atomic E-state index is 12.9. The molecule has 10 nitrogen and oxygen atoms in total. The highest BCUT2D eigenvalue weighted by atomic mass is 32.2. The van der Waals surface area contributed by atoms with E-state index in [1.165, 1.54) is 19.1 Å². The maximum absolute atomic E-state index is 12.9. The first-order chi connectivity index (χ1) is 15.3. The molecule has 0 aliphatic rings. The van der Waals surface area contributed by atoms with E-state index in [1.54, 1.807) is 44.2 Å². The van der Waals surface area contributed by atoms with Gasteiger partial charge in [-0.15, -0.1) is 0 Å². The van der Waals surface area contributed by atoms with E-state index < -0.39 is 23.0 Å². The molecule has 0 saturated carbocycles. The molecule has 3 amide bonds. The number of alkyl carbamates (subject to hydrolysis) is 2. The zero-order valence-electron chi connectivity index (χ0n) is 17.8. The molecule has 0 radical (unpaired) electrons. The van der Waals surface area contributed by atoms with Crippen molar-refractivity contribution in [3.63, 3.8) is 0 Å². The fourth-order valence-electron chi connectivity index (χ4n) is 2.43. The monoisotopic (exact) mass is 460 g/mol. The van der Waals surface area contributed by atoms with E-state index in [9.17, 15) is 18.6 Å². The van der Waals surface area contributed by atoms with Crippen LogP contribution in [0.4, 0.5) is 21.0 Å². The van der Waals surface area contributed by atoms with Gasteiger partial charge in [0.25, 0.3) is 0 Å². The van der Waals surface area contributed by atoms with Gasteiger partial charge in [0.1, 0.15) is 0 Å². The van der Waals surface area contributed by atoms with E-state index in [4.69, 9.17) is 9.47 Å². The van der Waals surface area contributed by atoms with Gasteiger partial charge in [-0.1, -0.05) is 18.2 Å². The fraction of sp³-hybridized carbons (Fsp3) is 0.238. The number of carbonyl (C=O) groups excluding carboxylic acids is 3. The topological polar surface area (TPSA) is 135 Å². The van der Waals surface area contributed by atoms with Crippen LogP contribution < -0.4 is 16.0 Å². The van der Waals surface area contributed by atoms with E-state index in [-0.39, 0.29) is 36.5 Å². The van der Waals surface area contributed by atoms with Crippen LogP contribution in [0, 0.1) is 0 Å². The van der Waals surface area contributed by atoms with Crippen LogP contribution >= 0.6 is 0 Å². The van der Waals surface area contributed by atoms with Crippen molar-refractivity contribution in [3.05, 3.63) is 48.5 Å². The molecule has 11 heteroatoms. The van der Waals surface area contributed by atoms with Crippen LogP contribution in [0.15, 0.2) is 63.3 Å². The summed E-state index contributed by atoms with van der Waals surface area (Å²) in [5, 5.41) is 7.22. The molecule has 2 aromatic carbocycles. The van der Waals surface area contributed by atoms with Crippen molar-refractivity contribution in [1.82, 2.24) is 10.6 Å². The maximum Gasteiger partial charge on any atom is 0.413 e. The third-order valence-electron chi connectivity index (χ3n) is 3.67. The Morgan fingerprint density at radius 3 is 2.03 bits per heavy atom. The van der Waals surface area contributed by atoms with Gasteiger partial charge < -0.3 is 14.8 Å². The third-order valence-corrected chi connectivity index (χ3v) is 5.06. The predicted octanol–water partition coefficient (Wildman–Crippen LogP) is 3.29. The number of nitrogens with zero attached hydrogens (tertiary/aromatic N) is 1. The Bertz CT molecular complexity index is 1000. The van der Waals surface area contributed by atoms with Crippen LogP contribution in [0.3, 0.4) is 0 Å². The Labute approximate surface area is 187 Å². The highest BCUT2D eigenvalue weighted by Gasteiger charge is 2.15. The molecule has 1 unspecified atom stereocenters. The quantitative estimate of drug-likeness (QED) is 0.447. The first kappa shape index (κ1) is 24.5. The van der Waals surface area contributed by atoms with Gasteiger partial charge in [0, 0.05) is 16.7 Å². The zero-order chi connectivity index (χ0) is 23.5. The molecule has 0 saturated heterocycles. The summed E-state index contributed by atoms with van der Waals surface area (Å²) in [7, 11) is -1.50. The van der Waals surface area contributed by atoms with E-state index in [1.807, 2.05) is 6.07 Å². The number of aliphatic imine (C=N–C) groups is 1. The lowest BCUT2D eigenvalue weighted by Gasteiger charge is -2.13. The van der Waals surface area contributed by atoms with E-state index in [0.29, 0.717) is 9.79 Å². The first-order valence-corrected chi connectivity index (χ1v) is 10.8. The SMILES string of the molecule is CCOC(=O)NC(=Nc1ccc(S(=O)c2ccccc2)cc1NC(C)=O)NC(=O)OCC. The lowest BCUT2D eigenvalue weighted by atomic mass is 10.2. The molecule has 0 spiro atoms. The smallest absolute Gasteiger partial charge is 0.413 e. The molecule has 1 atom stereocenters. The standard InChI is InChI=1S/C21H24N4O6S/c1-4-30-20(27)24-19(25-21(28)31-5-2)23-17-12-11-16(13-18(17)22-14(3)26)32(29)15-9-7-6-8-10-15/h6-13H,4-5H2,1-3H3,(H,22,26)(H2,23,24,25,27,28). The van der Waals surface area contributed by atoms with Gasteiger partial charge >= 0.3 is 12.2 Å². The first-order valence-electron chi connectivity index (χ1n) is 9.68.